The van der Waals surface area contributed by atoms with Crippen LogP contribution in [-0.4, -0.2) is 0 Å². The summed E-state index contributed by atoms with van der Waals surface area (Å²) in [5.74, 6) is 0. The van der Waals surface area contributed by atoms with Gasteiger partial charge in [0, 0.05) is 46.8 Å². The van der Waals surface area contributed by atoms with Crippen LogP contribution in [-0.2, 0) is 40.9 Å². The minimum atomic E-state index is 0.126. The number of hydrogen-bond acceptors (Lipinski definition) is 3. The lowest BCUT2D eigenvalue weighted by atomic mass is 9.86. The summed E-state index contributed by atoms with van der Waals surface area (Å²) in [6.07, 6.45) is 2.89. The van der Waals surface area contributed by atoms with Crippen molar-refractivity contribution < 1.29 is 0 Å². The van der Waals surface area contributed by atoms with Crippen LogP contribution in [0.4, 0.5) is 17.1 Å². The molecule has 0 atom stereocenters. The Morgan fingerprint density at radius 2 is 0.693 bits per heavy atom. The van der Waals surface area contributed by atoms with Crippen molar-refractivity contribution >= 4 is 75.8 Å². The van der Waals surface area contributed by atoms with Gasteiger partial charge in [-0.25, -0.2) is 0 Å². The van der Waals surface area contributed by atoms with Crippen LogP contribution < -0.4 is 4.90 Å². The molecule has 75 heavy (non-hydrogen) atoms. The quantitative estimate of drug-likeness (QED) is 0.139. The van der Waals surface area contributed by atoms with Gasteiger partial charge in [0.15, 0.2) is 0 Å². The molecule has 0 saturated carbocycles. The normalized spacial score (nSPS) is 12.0. The summed E-state index contributed by atoms with van der Waals surface area (Å²) in [7, 11) is 0. The molecule has 4 heteroatoms. The standard InChI is InChI=1S/C35H37NS.C28H34.C8H5BrS/c1-34(2,3)27-16-14-25(15-17-27)22-26-10-9-11-30(23-26)36(29-20-18-28(19-21-29)35(4,5)6)32-24-37-33-13-8-7-12-31(32)33;1-27(2,3)25-14-10-21(11-15-25)18-23-8-7-9-24(20-23)19-22-12-16-26(17-13-22)28(4,5)6;9-7-5-10-8-4-2-1-3-6(7)8/h7-21,23-24H,22H2,1-6H3;7-17,20H,18-19H2,1-6H3;1-5H. The highest BCUT2D eigenvalue weighted by Gasteiger charge is 2.20. The SMILES string of the molecule is Brc1csc2ccccc12.CC(C)(C)c1ccc(Cc2cccc(Cc3ccc(C(C)(C)C)cc3)c2)cc1.CC(C)(C)c1ccc(Cc2cccc(N(c3ccc(C(C)(C)C)cc3)c3csc4ccccc34)c2)cc1. The molecule has 0 aliphatic carbocycles. The maximum absolute atomic E-state index is 3.48. The molecular formula is C71H76BrNS2. The third-order valence-corrected chi connectivity index (χ3v) is 16.8. The van der Waals surface area contributed by atoms with E-state index in [2.05, 4.69) is 309 Å². The van der Waals surface area contributed by atoms with Crippen molar-refractivity contribution in [2.75, 3.05) is 4.90 Å². The Morgan fingerprint density at radius 3 is 1.12 bits per heavy atom. The van der Waals surface area contributed by atoms with Gasteiger partial charge in [0.2, 0.25) is 0 Å². The molecule has 8 aromatic carbocycles. The molecule has 0 unspecified atom stereocenters. The van der Waals surface area contributed by atoms with Crippen LogP contribution in [0.3, 0.4) is 0 Å². The van der Waals surface area contributed by atoms with Crippen molar-refractivity contribution in [1.29, 1.82) is 0 Å². The zero-order chi connectivity index (χ0) is 53.5. The van der Waals surface area contributed by atoms with Gasteiger partial charge < -0.3 is 4.90 Å². The van der Waals surface area contributed by atoms with Crippen LogP contribution in [0, 0.1) is 0 Å². The van der Waals surface area contributed by atoms with Crippen molar-refractivity contribution in [1.82, 2.24) is 0 Å². The minimum absolute atomic E-state index is 0.126. The molecule has 0 fully saturated rings. The van der Waals surface area contributed by atoms with Crippen LogP contribution in [0.2, 0.25) is 0 Å². The maximum atomic E-state index is 3.48. The van der Waals surface area contributed by atoms with Crippen LogP contribution in [0.25, 0.3) is 20.2 Å². The monoisotopic (exact) mass is 1090 g/mol. The number of halogens is 1. The van der Waals surface area contributed by atoms with E-state index < -0.39 is 0 Å². The lowest BCUT2D eigenvalue weighted by molar-refractivity contribution is 0.589. The van der Waals surface area contributed by atoms with Gasteiger partial charge in [-0.05, 0) is 149 Å². The molecule has 0 radical (unpaired) electrons. The average molecular weight is 1090 g/mol. The lowest BCUT2D eigenvalue weighted by Gasteiger charge is -2.27. The van der Waals surface area contributed by atoms with Gasteiger partial charge in [-0.1, -0.05) is 241 Å². The number of benzene rings is 8. The molecule has 10 aromatic rings. The van der Waals surface area contributed by atoms with E-state index >= 15 is 0 Å². The Kier molecular flexibility index (Phi) is 17.3. The Bertz CT molecular complexity index is 3340. The number of thiophene rings is 2. The lowest BCUT2D eigenvalue weighted by Crippen LogP contribution is -2.13. The van der Waals surface area contributed by atoms with Crippen LogP contribution in [0.15, 0.2) is 209 Å². The molecular weight excluding hydrogens is 1010 g/mol. The number of hydrogen-bond donors (Lipinski definition) is 0. The fourth-order valence-corrected chi connectivity index (χ4v) is 11.9. The first-order valence-electron chi connectivity index (χ1n) is 26.5. The predicted molar refractivity (Wildman–Crippen MR) is 335 cm³/mol. The second kappa shape index (κ2) is 23.5. The number of rotatable bonds is 9. The molecule has 384 valence electrons. The second-order valence-electron chi connectivity index (χ2n) is 24.2. The summed E-state index contributed by atoms with van der Waals surface area (Å²) in [6, 6.07) is 71.5. The van der Waals surface area contributed by atoms with E-state index in [0.717, 1.165) is 19.3 Å². The van der Waals surface area contributed by atoms with Crippen molar-refractivity contribution in [2.45, 2.75) is 124 Å². The van der Waals surface area contributed by atoms with E-state index in [-0.39, 0.29) is 21.7 Å². The van der Waals surface area contributed by atoms with Crippen LogP contribution in [0.1, 0.15) is 139 Å². The molecule has 0 spiro atoms. The molecule has 0 N–H and O–H groups in total. The molecule has 1 nitrogen and oxygen atoms in total. The highest BCUT2D eigenvalue weighted by molar-refractivity contribution is 9.10. The molecule has 0 amide bonds. The fourth-order valence-electron chi connectivity index (χ4n) is 9.35. The minimum Gasteiger partial charge on any atom is -0.309 e. The van der Waals surface area contributed by atoms with Gasteiger partial charge in [-0.15, -0.1) is 22.7 Å². The van der Waals surface area contributed by atoms with Gasteiger partial charge in [0.05, 0.1) is 5.69 Å². The summed E-state index contributed by atoms with van der Waals surface area (Å²) in [5, 5.41) is 7.01. The summed E-state index contributed by atoms with van der Waals surface area (Å²) < 4.78 is 3.85. The third-order valence-electron chi connectivity index (χ3n) is 14.0. The van der Waals surface area contributed by atoms with Gasteiger partial charge >= 0.3 is 0 Å². The summed E-state index contributed by atoms with van der Waals surface area (Å²) >= 11 is 7.05. The number of anilines is 3. The van der Waals surface area contributed by atoms with Gasteiger partial charge in [-0.3, -0.25) is 0 Å². The predicted octanol–water partition coefficient (Wildman–Crippen LogP) is 21.7. The molecule has 2 aromatic heterocycles. The summed E-state index contributed by atoms with van der Waals surface area (Å²) in [5.41, 5.74) is 18.0. The first-order chi connectivity index (χ1) is 35.6. The first kappa shape index (κ1) is 55.2. The van der Waals surface area contributed by atoms with E-state index in [0.29, 0.717) is 0 Å². The molecule has 0 aliphatic heterocycles. The van der Waals surface area contributed by atoms with E-state index in [9.17, 15) is 0 Å². The molecule has 0 bridgehead atoms. The van der Waals surface area contributed by atoms with E-state index in [1.165, 1.54) is 97.3 Å². The zero-order valence-corrected chi connectivity index (χ0v) is 49.6. The highest BCUT2D eigenvalue weighted by Crippen LogP contribution is 2.43. The summed E-state index contributed by atoms with van der Waals surface area (Å²) in [6.45, 7) is 27.2. The van der Waals surface area contributed by atoms with Crippen molar-refractivity contribution in [2.24, 2.45) is 0 Å². The van der Waals surface area contributed by atoms with E-state index in [4.69, 9.17) is 0 Å². The summed E-state index contributed by atoms with van der Waals surface area (Å²) in [4.78, 5) is 2.41. The smallest absolute Gasteiger partial charge is 0.0647 e. The molecule has 0 aliphatic rings. The highest BCUT2D eigenvalue weighted by atomic mass is 79.9. The fraction of sp³-hybridized carbons (Fsp3) is 0.268. The maximum Gasteiger partial charge on any atom is 0.0647 e. The Labute approximate surface area is 466 Å². The van der Waals surface area contributed by atoms with Crippen LogP contribution in [0.5, 0.6) is 0 Å². The van der Waals surface area contributed by atoms with E-state index in [1.54, 1.807) is 11.3 Å². The van der Waals surface area contributed by atoms with Gasteiger partial charge in [0.25, 0.3) is 0 Å². The number of fused-ring (bicyclic) bond motifs is 2. The topological polar surface area (TPSA) is 3.24 Å². The van der Waals surface area contributed by atoms with Crippen LogP contribution >= 0.6 is 38.6 Å². The molecule has 0 saturated heterocycles. The third kappa shape index (κ3) is 14.7. The first-order valence-corrected chi connectivity index (χ1v) is 29.1. The van der Waals surface area contributed by atoms with Crippen molar-refractivity contribution in [3.05, 3.63) is 265 Å². The van der Waals surface area contributed by atoms with Crippen molar-refractivity contribution in [3.8, 4) is 0 Å². The zero-order valence-electron chi connectivity index (χ0n) is 46.4. The van der Waals surface area contributed by atoms with Gasteiger partial charge in [0.1, 0.15) is 0 Å². The van der Waals surface area contributed by atoms with Gasteiger partial charge in [-0.2, -0.15) is 0 Å². The number of nitrogens with zero attached hydrogens (tertiary/aromatic N) is 1. The second-order valence-corrected chi connectivity index (χ2v) is 26.9. The van der Waals surface area contributed by atoms with Crippen molar-refractivity contribution in [3.63, 3.8) is 0 Å². The van der Waals surface area contributed by atoms with E-state index in [1.807, 2.05) is 11.3 Å². The Hall–Kier alpha value is -6.04. The Morgan fingerprint density at radius 1 is 0.333 bits per heavy atom. The molecule has 10 rings (SSSR count). The average Bonchev–Trinajstić information content (AvgIpc) is 3.97. The largest absolute Gasteiger partial charge is 0.309 e. The molecule has 2 heterocycles. The Balaban J connectivity index is 0.000000172.